The largest absolute Gasteiger partial charge is 0.497 e. The van der Waals surface area contributed by atoms with Gasteiger partial charge in [-0.25, -0.2) is 4.98 Å². The van der Waals surface area contributed by atoms with Crippen molar-refractivity contribution in [1.82, 2.24) is 9.55 Å². The second-order valence-corrected chi connectivity index (χ2v) is 7.63. The predicted molar refractivity (Wildman–Crippen MR) is 118 cm³/mol. The molecule has 5 nitrogen and oxygen atoms in total. The zero-order chi connectivity index (χ0) is 20.5. The molecule has 4 aromatic rings. The van der Waals surface area contributed by atoms with Gasteiger partial charge in [-0.05, 0) is 42.0 Å². The molecule has 1 aliphatic heterocycles. The minimum Gasteiger partial charge on any atom is -0.497 e. The van der Waals surface area contributed by atoms with E-state index in [1.54, 1.807) is 7.11 Å². The van der Waals surface area contributed by atoms with Gasteiger partial charge >= 0.3 is 0 Å². The molecule has 1 aliphatic rings. The summed E-state index contributed by atoms with van der Waals surface area (Å²) in [6.45, 7) is 1.37. The van der Waals surface area contributed by atoms with Crippen LogP contribution in [0.25, 0.3) is 11.0 Å². The van der Waals surface area contributed by atoms with Crippen molar-refractivity contribution >= 4 is 22.6 Å². The maximum absolute atomic E-state index is 12.9. The molecule has 0 aliphatic carbocycles. The zero-order valence-corrected chi connectivity index (χ0v) is 16.9. The lowest BCUT2D eigenvalue weighted by Crippen LogP contribution is -2.24. The molecule has 0 saturated carbocycles. The number of carbonyl (C=O) groups is 1. The normalized spacial score (nSPS) is 16.4. The molecule has 3 aromatic carbocycles. The Bertz CT molecular complexity index is 1180. The number of carbonyl (C=O) groups excluding carboxylic acids is 1. The maximum Gasteiger partial charge on any atom is 0.227 e. The number of hydrogen-bond acceptors (Lipinski definition) is 3. The smallest absolute Gasteiger partial charge is 0.227 e. The number of hydrogen-bond donors (Lipinski definition) is 0. The molecule has 0 unspecified atom stereocenters. The maximum atomic E-state index is 12.9. The zero-order valence-electron chi connectivity index (χ0n) is 16.9. The van der Waals surface area contributed by atoms with Crippen LogP contribution in [0.3, 0.4) is 0 Å². The third-order valence-corrected chi connectivity index (χ3v) is 5.74. The second kappa shape index (κ2) is 7.67. The van der Waals surface area contributed by atoms with Gasteiger partial charge in [0.25, 0.3) is 0 Å². The van der Waals surface area contributed by atoms with E-state index in [1.165, 1.54) is 5.56 Å². The molecule has 1 aromatic heterocycles. The minimum absolute atomic E-state index is 0.0516. The molecule has 5 rings (SSSR count). The summed E-state index contributed by atoms with van der Waals surface area (Å²) in [5.74, 6) is 1.94. The Labute approximate surface area is 175 Å². The van der Waals surface area contributed by atoms with Crippen molar-refractivity contribution in [3.05, 3.63) is 90.3 Å². The van der Waals surface area contributed by atoms with Gasteiger partial charge in [-0.15, -0.1) is 0 Å². The van der Waals surface area contributed by atoms with Crippen molar-refractivity contribution in [3.63, 3.8) is 0 Å². The van der Waals surface area contributed by atoms with E-state index in [0.29, 0.717) is 13.0 Å². The van der Waals surface area contributed by atoms with Gasteiger partial charge in [0.15, 0.2) is 0 Å². The van der Waals surface area contributed by atoms with Crippen molar-refractivity contribution in [2.45, 2.75) is 18.9 Å². The molecule has 0 spiro atoms. The van der Waals surface area contributed by atoms with Gasteiger partial charge in [-0.2, -0.15) is 0 Å². The number of imidazole rings is 1. The lowest BCUT2D eigenvalue weighted by atomic mass is 10.1. The van der Waals surface area contributed by atoms with E-state index in [0.717, 1.165) is 34.8 Å². The van der Waals surface area contributed by atoms with Gasteiger partial charge in [0, 0.05) is 31.1 Å². The SMILES string of the molecule is COc1ccc(N2C[C@H](c3nc4ccccc4n3Cc3ccccc3)CC2=O)cc1. The van der Waals surface area contributed by atoms with Crippen molar-refractivity contribution in [1.29, 1.82) is 0 Å². The number of ether oxygens (including phenoxy) is 1. The fourth-order valence-electron chi connectivity index (χ4n) is 4.23. The Hall–Kier alpha value is -3.60. The number of methoxy groups -OCH3 is 1. The van der Waals surface area contributed by atoms with E-state index in [-0.39, 0.29) is 11.8 Å². The number of anilines is 1. The summed E-state index contributed by atoms with van der Waals surface area (Å²) in [6, 6.07) is 26.2. The first-order valence-corrected chi connectivity index (χ1v) is 10.2. The monoisotopic (exact) mass is 397 g/mol. The van der Waals surface area contributed by atoms with Crippen molar-refractivity contribution in [3.8, 4) is 5.75 Å². The first-order valence-electron chi connectivity index (χ1n) is 10.2. The van der Waals surface area contributed by atoms with Crippen LogP contribution in [0.4, 0.5) is 5.69 Å². The number of para-hydroxylation sites is 2. The summed E-state index contributed by atoms with van der Waals surface area (Å²) < 4.78 is 7.50. The molecule has 150 valence electrons. The quantitative estimate of drug-likeness (QED) is 0.494. The Morgan fingerprint density at radius 2 is 1.70 bits per heavy atom. The number of rotatable bonds is 5. The molecule has 1 fully saturated rings. The van der Waals surface area contributed by atoms with Crippen LogP contribution in [-0.2, 0) is 11.3 Å². The van der Waals surface area contributed by atoms with E-state index in [4.69, 9.17) is 9.72 Å². The molecule has 0 radical (unpaired) electrons. The molecule has 1 saturated heterocycles. The standard InChI is InChI=1S/C25H23N3O2/c1-30-21-13-11-20(12-14-21)27-17-19(15-24(27)29)25-26-22-9-5-6-10-23(22)28(25)16-18-7-3-2-4-8-18/h2-14,19H,15-17H2,1H3/t19-/m1/s1. The van der Waals surface area contributed by atoms with Gasteiger partial charge in [0.05, 0.1) is 18.1 Å². The molecule has 2 heterocycles. The summed E-state index contributed by atoms with van der Waals surface area (Å²) in [5.41, 5.74) is 4.19. The highest BCUT2D eigenvalue weighted by Crippen LogP contribution is 2.34. The summed E-state index contributed by atoms with van der Waals surface area (Å²) in [4.78, 5) is 19.7. The minimum atomic E-state index is 0.0516. The van der Waals surface area contributed by atoms with Crippen molar-refractivity contribution in [2.24, 2.45) is 0 Å². The van der Waals surface area contributed by atoms with E-state index in [9.17, 15) is 4.79 Å². The van der Waals surface area contributed by atoms with Gasteiger partial charge in [-0.3, -0.25) is 4.79 Å². The molecule has 5 heteroatoms. The first-order chi connectivity index (χ1) is 14.7. The Kier molecular flexibility index (Phi) is 4.71. The van der Waals surface area contributed by atoms with E-state index >= 15 is 0 Å². The average Bonchev–Trinajstić information content (AvgIpc) is 3.35. The number of aromatic nitrogens is 2. The van der Waals surface area contributed by atoms with Crippen LogP contribution >= 0.6 is 0 Å². The third kappa shape index (κ3) is 3.32. The Balaban J connectivity index is 1.50. The second-order valence-electron chi connectivity index (χ2n) is 7.63. The molecule has 0 bridgehead atoms. The highest BCUT2D eigenvalue weighted by molar-refractivity contribution is 5.96. The third-order valence-electron chi connectivity index (χ3n) is 5.74. The predicted octanol–water partition coefficient (Wildman–Crippen LogP) is 4.61. The van der Waals surface area contributed by atoms with E-state index < -0.39 is 0 Å². The van der Waals surface area contributed by atoms with Crippen LogP contribution in [-0.4, -0.2) is 29.1 Å². The van der Waals surface area contributed by atoms with Crippen LogP contribution < -0.4 is 9.64 Å². The summed E-state index contributed by atoms with van der Waals surface area (Å²) in [6.07, 6.45) is 0.462. The highest BCUT2D eigenvalue weighted by Gasteiger charge is 2.34. The van der Waals surface area contributed by atoms with Crippen molar-refractivity contribution < 1.29 is 9.53 Å². The topological polar surface area (TPSA) is 47.4 Å². The van der Waals surface area contributed by atoms with E-state index in [2.05, 4.69) is 34.9 Å². The lowest BCUT2D eigenvalue weighted by Gasteiger charge is -2.18. The van der Waals surface area contributed by atoms with Crippen molar-refractivity contribution in [2.75, 3.05) is 18.6 Å². The molecule has 0 N–H and O–H groups in total. The van der Waals surface area contributed by atoms with Gasteiger partial charge in [0.2, 0.25) is 5.91 Å². The molecule has 1 amide bonds. The number of benzene rings is 3. The summed E-state index contributed by atoms with van der Waals surface area (Å²) in [7, 11) is 1.64. The first kappa shape index (κ1) is 18.4. The number of nitrogens with zero attached hydrogens (tertiary/aromatic N) is 3. The van der Waals surface area contributed by atoms with Crippen LogP contribution in [0.15, 0.2) is 78.9 Å². The number of fused-ring (bicyclic) bond motifs is 1. The van der Waals surface area contributed by atoms with Gasteiger partial charge in [0.1, 0.15) is 11.6 Å². The fraction of sp³-hybridized carbons (Fsp3) is 0.200. The fourth-order valence-corrected chi connectivity index (χ4v) is 4.23. The summed E-state index contributed by atoms with van der Waals surface area (Å²) >= 11 is 0. The lowest BCUT2D eigenvalue weighted by molar-refractivity contribution is -0.117. The van der Waals surface area contributed by atoms with Crippen LogP contribution in [0.1, 0.15) is 23.7 Å². The highest BCUT2D eigenvalue weighted by atomic mass is 16.5. The Morgan fingerprint density at radius 3 is 2.47 bits per heavy atom. The van der Waals surface area contributed by atoms with Crippen LogP contribution in [0, 0.1) is 0 Å². The summed E-state index contributed by atoms with van der Waals surface area (Å²) in [5, 5.41) is 0. The van der Waals surface area contributed by atoms with Gasteiger partial charge < -0.3 is 14.2 Å². The van der Waals surface area contributed by atoms with Crippen LogP contribution in [0.2, 0.25) is 0 Å². The molecular formula is C25H23N3O2. The molecule has 1 atom stereocenters. The Morgan fingerprint density at radius 1 is 0.967 bits per heavy atom. The molecule has 30 heavy (non-hydrogen) atoms. The van der Waals surface area contributed by atoms with Gasteiger partial charge in [-0.1, -0.05) is 42.5 Å². The number of amides is 1. The average molecular weight is 397 g/mol. The molecular weight excluding hydrogens is 374 g/mol. The van der Waals surface area contributed by atoms with E-state index in [1.807, 2.05) is 53.4 Å². The van der Waals surface area contributed by atoms with Crippen LogP contribution in [0.5, 0.6) is 5.75 Å².